The third-order valence-corrected chi connectivity index (χ3v) is 5.97. The number of benzene rings is 2. The highest BCUT2D eigenvalue weighted by atomic mass is 32.2. The molecule has 0 fully saturated rings. The van der Waals surface area contributed by atoms with Crippen molar-refractivity contribution < 1.29 is 9.59 Å². The summed E-state index contributed by atoms with van der Waals surface area (Å²) in [5, 5.41) is 3.00. The van der Waals surface area contributed by atoms with E-state index in [1.807, 2.05) is 51.1 Å². The molecule has 0 saturated carbocycles. The lowest BCUT2D eigenvalue weighted by molar-refractivity contribution is -0.138. The van der Waals surface area contributed by atoms with Gasteiger partial charge in [-0.25, -0.2) is 0 Å². The molecule has 0 aliphatic rings. The highest BCUT2D eigenvalue weighted by molar-refractivity contribution is 7.99. The highest BCUT2D eigenvalue weighted by Crippen LogP contribution is 2.16. The molecule has 2 aromatic rings. The molecule has 29 heavy (non-hydrogen) atoms. The third kappa shape index (κ3) is 7.58. The molecular formula is C24H32N2O2S. The van der Waals surface area contributed by atoms with Gasteiger partial charge in [0.1, 0.15) is 6.04 Å². The molecule has 2 amide bonds. The molecule has 4 nitrogen and oxygen atoms in total. The maximum Gasteiger partial charge on any atom is 0.242 e. The van der Waals surface area contributed by atoms with Crippen molar-refractivity contribution in [1.29, 1.82) is 0 Å². The van der Waals surface area contributed by atoms with E-state index in [0.717, 1.165) is 17.7 Å². The van der Waals surface area contributed by atoms with Gasteiger partial charge in [-0.15, -0.1) is 11.8 Å². The van der Waals surface area contributed by atoms with Crippen molar-refractivity contribution in [1.82, 2.24) is 10.2 Å². The van der Waals surface area contributed by atoms with Crippen LogP contribution in [0.2, 0.25) is 0 Å². The number of hydrogen-bond donors (Lipinski definition) is 1. The maximum absolute atomic E-state index is 13.0. The Morgan fingerprint density at radius 3 is 2.28 bits per heavy atom. The molecule has 1 N–H and O–H groups in total. The number of aryl methyl sites for hydroxylation is 1. The van der Waals surface area contributed by atoms with Gasteiger partial charge in [-0.2, -0.15) is 0 Å². The Bertz CT molecular complexity index is 777. The molecule has 0 unspecified atom stereocenters. The average molecular weight is 413 g/mol. The second-order valence-corrected chi connectivity index (χ2v) is 8.47. The lowest BCUT2D eigenvalue weighted by Gasteiger charge is -2.29. The van der Waals surface area contributed by atoms with Crippen LogP contribution in [0.15, 0.2) is 54.6 Å². The van der Waals surface area contributed by atoms with E-state index in [-0.39, 0.29) is 17.9 Å². The van der Waals surface area contributed by atoms with E-state index in [2.05, 4.69) is 36.5 Å². The molecule has 0 aromatic heterocycles. The molecular weight excluding hydrogens is 380 g/mol. The van der Waals surface area contributed by atoms with Gasteiger partial charge in [-0.05, 0) is 38.3 Å². The van der Waals surface area contributed by atoms with E-state index in [4.69, 9.17) is 0 Å². The normalized spacial score (nSPS) is 12.8. The molecule has 2 aromatic carbocycles. The minimum atomic E-state index is -0.517. The van der Waals surface area contributed by atoms with Gasteiger partial charge in [0.15, 0.2) is 0 Å². The molecule has 0 radical (unpaired) electrons. The van der Waals surface area contributed by atoms with Crippen molar-refractivity contribution in [3.05, 3.63) is 71.3 Å². The molecule has 0 spiro atoms. The zero-order valence-corrected chi connectivity index (χ0v) is 18.7. The largest absolute Gasteiger partial charge is 0.352 e. The van der Waals surface area contributed by atoms with Crippen molar-refractivity contribution in [2.75, 3.05) is 5.75 Å². The summed E-state index contributed by atoms with van der Waals surface area (Å²) in [6.07, 6.45) is 0.859. The fourth-order valence-corrected chi connectivity index (χ4v) is 3.72. The van der Waals surface area contributed by atoms with Crippen LogP contribution in [0.3, 0.4) is 0 Å². The third-order valence-electron chi connectivity index (χ3n) is 4.98. The first kappa shape index (κ1) is 23.0. The fraction of sp³-hybridized carbons (Fsp3) is 0.417. The van der Waals surface area contributed by atoms with Gasteiger partial charge in [-0.3, -0.25) is 9.59 Å². The molecule has 0 saturated heterocycles. The van der Waals surface area contributed by atoms with Crippen molar-refractivity contribution in [3.63, 3.8) is 0 Å². The van der Waals surface area contributed by atoms with Gasteiger partial charge in [0, 0.05) is 18.3 Å². The summed E-state index contributed by atoms with van der Waals surface area (Å²) in [5.74, 6) is 1.00. The number of thioether (sulfide) groups is 1. The second-order valence-electron chi connectivity index (χ2n) is 7.48. The Hall–Kier alpha value is -2.27. The first-order valence-electron chi connectivity index (χ1n) is 10.2. The summed E-state index contributed by atoms with van der Waals surface area (Å²) in [4.78, 5) is 27.4. The summed E-state index contributed by atoms with van der Waals surface area (Å²) in [5.41, 5.74) is 3.45. The molecule has 0 aliphatic heterocycles. The van der Waals surface area contributed by atoms with Gasteiger partial charge in [0.2, 0.25) is 11.8 Å². The molecule has 156 valence electrons. The zero-order chi connectivity index (χ0) is 21.2. The molecule has 0 aliphatic carbocycles. The highest BCUT2D eigenvalue weighted by Gasteiger charge is 2.26. The van der Waals surface area contributed by atoms with Crippen LogP contribution in [-0.2, 0) is 21.9 Å². The van der Waals surface area contributed by atoms with E-state index in [0.29, 0.717) is 12.3 Å². The first-order valence-corrected chi connectivity index (χ1v) is 11.3. The predicted molar refractivity (Wildman–Crippen MR) is 122 cm³/mol. The van der Waals surface area contributed by atoms with Crippen molar-refractivity contribution in [2.24, 2.45) is 0 Å². The van der Waals surface area contributed by atoms with E-state index >= 15 is 0 Å². The fourth-order valence-electron chi connectivity index (χ4n) is 2.85. The maximum atomic E-state index is 13.0. The van der Waals surface area contributed by atoms with E-state index in [1.165, 1.54) is 11.1 Å². The summed E-state index contributed by atoms with van der Waals surface area (Å²) >= 11 is 1.58. The molecule has 0 bridgehead atoms. The van der Waals surface area contributed by atoms with Crippen LogP contribution >= 0.6 is 11.8 Å². The van der Waals surface area contributed by atoms with E-state index < -0.39 is 6.04 Å². The van der Waals surface area contributed by atoms with Crippen LogP contribution in [0.4, 0.5) is 0 Å². The minimum absolute atomic E-state index is 0.0160. The number of carbonyl (C=O) groups is 2. The first-order chi connectivity index (χ1) is 13.9. The predicted octanol–water partition coefficient (Wildman–Crippen LogP) is 4.56. The van der Waals surface area contributed by atoms with Crippen LogP contribution in [-0.4, -0.2) is 34.6 Å². The summed E-state index contributed by atoms with van der Waals surface area (Å²) < 4.78 is 0. The van der Waals surface area contributed by atoms with Crippen LogP contribution in [0.5, 0.6) is 0 Å². The lowest BCUT2D eigenvalue weighted by Crippen LogP contribution is -2.50. The molecule has 0 heterocycles. The lowest BCUT2D eigenvalue weighted by atomic mass is 10.1. The van der Waals surface area contributed by atoms with Crippen molar-refractivity contribution in [3.8, 4) is 0 Å². The molecule has 2 atom stereocenters. The number of nitrogens with zero attached hydrogens (tertiary/aromatic N) is 1. The number of nitrogens with one attached hydrogen (secondary N) is 1. The standard InChI is InChI=1S/C24H32N2O2S/c1-5-19(3)25-24(28)20(4)26(15-21-9-7-6-8-10-21)23(27)17-29-16-22-13-11-18(2)12-14-22/h6-14,19-20H,5,15-17H2,1-4H3,(H,25,28)/t19-,20-/m1/s1. The smallest absolute Gasteiger partial charge is 0.242 e. The van der Waals surface area contributed by atoms with Crippen molar-refractivity contribution >= 4 is 23.6 Å². The van der Waals surface area contributed by atoms with Crippen LogP contribution in [0.25, 0.3) is 0 Å². The Balaban J connectivity index is 2.03. The number of rotatable bonds is 10. The number of amides is 2. The van der Waals surface area contributed by atoms with Gasteiger partial charge in [-0.1, -0.05) is 67.1 Å². The van der Waals surface area contributed by atoms with Gasteiger partial charge in [0.05, 0.1) is 5.75 Å². The van der Waals surface area contributed by atoms with Crippen LogP contribution in [0.1, 0.15) is 43.9 Å². The molecule has 5 heteroatoms. The average Bonchev–Trinajstić information content (AvgIpc) is 2.73. The molecule has 2 rings (SSSR count). The van der Waals surface area contributed by atoms with Gasteiger partial charge in [0.25, 0.3) is 0 Å². The van der Waals surface area contributed by atoms with E-state index in [1.54, 1.807) is 16.7 Å². The second kappa shape index (κ2) is 11.7. The van der Waals surface area contributed by atoms with Gasteiger partial charge < -0.3 is 10.2 Å². The summed E-state index contributed by atoms with van der Waals surface area (Å²) in [6.45, 7) is 8.31. The summed E-state index contributed by atoms with van der Waals surface area (Å²) in [7, 11) is 0. The quantitative estimate of drug-likeness (QED) is 0.622. The summed E-state index contributed by atoms with van der Waals surface area (Å²) in [6, 6.07) is 17.8. The monoisotopic (exact) mass is 412 g/mol. The minimum Gasteiger partial charge on any atom is -0.352 e. The Morgan fingerprint density at radius 2 is 1.66 bits per heavy atom. The topological polar surface area (TPSA) is 49.4 Å². The van der Waals surface area contributed by atoms with Gasteiger partial charge >= 0.3 is 0 Å². The number of hydrogen-bond acceptors (Lipinski definition) is 3. The van der Waals surface area contributed by atoms with Crippen LogP contribution in [0, 0.1) is 6.92 Å². The Morgan fingerprint density at radius 1 is 1.00 bits per heavy atom. The van der Waals surface area contributed by atoms with Crippen LogP contribution < -0.4 is 5.32 Å². The van der Waals surface area contributed by atoms with Crippen molar-refractivity contribution in [2.45, 2.75) is 58.5 Å². The Labute approximate surface area is 179 Å². The SMILES string of the molecule is CC[C@@H](C)NC(=O)[C@@H](C)N(Cc1ccccc1)C(=O)CSCc1ccc(C)cc1. The number of carbonyl (C=O) groups excluding carboxylic acids is 2. The van der Waals surface area contributed by atoms with E-state index in [9.17, 15) is 9.59 Å². The Kier molecular flexibility index (Phi) is 9.26. The zero-order valence-electron chi connectivity index (χ0n) is 17.9.